The molecule has 562 valence electrons. The highest BCUT2D eigenvalue weighted by Crippen LogP contribution is 2.45. The molecule has 3 N–H and O–H groups in total. The largest absolute Gasteiger partial charge is 0.472 e. The molecular formula is C77H142O17P2. The van der Waals surface area contributed by atoms with Crippen molar-refractivity contribution in [2.45, 2.75) is 374 Å². The highest BCUT2D eigenvalue weighted by atomic mass is 31.2. The van der Waals surface area contributed by atoms with Crippen molar-refractivity contribution in [1.82, 2.24) is 0 Å². The number of hydrogen-bond acceptors (Lipinski definition) is 15. The van der Waals surface area contributed by atoms with Gasteiger partial charge < -0.3 is 33.8 Å². The van der Waals surface area contributed by atoms with Crippen LogP contribution in [0.15, 0.2) is 48.6 Å². The Hall–Kier alpha value is -2.98. The standard InChI is InChI=1S/C77H142O17P2/c1-6-9-12-15-18-21-24-27-30-31-34-37-40-43-46-53-58-62-76(81)93-72(66-87-74(79)60-55-50-44-41-38-35-32-28-25-22-19-16-13-10-7-2)68-91-95(83,84)89-64-71(78)65-90-96(85,86)92-69-73(67-88-75(80)61-56-51-48-47-49-54-59-70(4)5)94-77(82)63-57-52-45-42-39-36-33-29-26-23-20-17-14-11-8-3/h22-23,25-26,28-29,32-33,70-73,78H,6-21,24,27,30-31,34-69H2,1-5H3,(H,83,84)(H,85,86)/b25-22-,26-23-,32-28-,33-29-/t71-,72-,73-/m1/s1. The van der Waals surface area contributed by atoms with E-state index < -0.39 is 97.5 Å². The molecule has 0 saturated carbocycles. The fourth-order valence-corrected chi connectivity index (χ4v) is 12.4. The molecule has 0 aromatic carbocycles. The molecule has 96 heavy (non-hydrogen) atoms. The number of carbonyl (C=O) groups is 4. The predicted molar refractivity (Wildman–Crippen MR) is 390 cm³/mol. The summed E-state index contributed by atoms with van der Waals surface area (Å²) >= 11 is 0. The molecule has 17 nitrogen and oxygen atoms in total. The van der Waals surface area contributed by atoms with E-state index in [4.69, 9.17) is 37.0 Å². The molecule has 0 aliphatic heterocycles. The van der Waals surface area contributed by atoms with E-state index in [-0.39, 0.29) is 25.7 Å². The van der Waals surface area contributed by atoms with E-state index in [1.165, 1.54) is 141 Å². The lowest BCUT2D eigenvalue weighted by atomic mass is 10.0. The van der Waals surface area contributed by atoms with E-state index in [1.807, 2.05) is 0 Å². The SMILES string of the molecule is CCCCCC/C=C\C=C/CCCCCCCC(=O)OC[C@H](COP(=O)(O)OC[C@@H](O)COP(=O)(O)OC[C@@H](COC(=O)CCCCCCCCC(C)C)OC(=O)CCCCCCC/C=C\C=C/CCCCCC)OC(=O)CCCCCCCCCCCCCCCCCCC. The fraction of sp³-hybridized carbons (Fsp3) is 0.844. The summed E-state index contributed by atoms with van der Waals surface area (Å²) in [5.74, 6) is -1.50. The second kappa shape index (κ2) is 69.1. The predicted octanol–water partition coefficient (Wildman–Crippen LogP) is 22.0. The number of unbranched alkanes of at least 4 members (excludes halogenated alkanes) is 39. The van der Waals surface area contributed by atoms with Crippen LogP contribution < -0.4 is 0 Å². The van der Waals surface area contributed by atoms with Gasteiger partial charge in [-0.25, -0.2) is 9.13 Å². The molecule has 0 aromatic heterocycles. The van der Waals surface area contributed by atoms with Crippen molar-refractivity contribution in [3.8, 4) is 0 Å². The van der Waals surface area contributed by atoms with Crippen molar-refractivity contribution in [3.63, 3.8) is 0 Å². The number of rotatable bonds is 73. The number of allylic oxidation sites excluding steroid dienone is 8. The molecule has 0 aliphatic carbocycles. The Morgan fingerprint density at radius 2 is 0.562 bits per heavy atom. The van der Waals surface area contributed by atoms with Gasteiger partial charge in [0.05, 0.1) is 26.4 Å². The van der Waals surface area contributed by atoms with Crippen LogP contribution in [-0.4, -0.2) is 96.7 Å². The average Bonchev–Trinajstić information content (AvgIpc) is 1.40. The van der Waals surface area contributed by atoms with Crippen LogP contribution in [0.3, 0.4) is 0 Å². The number of phosphoric acid groups is 2. The monoisotopic (exact) mass is 1400 g/mol. The van der Waals surface area contributed by atoms with Gasteiger partial charge in [0.25, 0.3) is 0 Å². The van der Waals surface area contributed by atoms with Crippen molar-refractivity contribution < 1.29 is 80.2 Å². The number of esters is 4. The summed E-state index contributed by atoms with van der Waals surface area (Å²) in [6.45, 7) is 7.08. The lowest BCUT2D eigenvalue weighted by molar-refractivity contribution is -0.161. The van der Waals surface area contributed by atoms with E-state index in [0.717, 1.165) is 128 Å². The first-order chi connectivity index (χ1) is 46.5. The maximum Gasteiger partial charge on any atom is 0.472 e. The smallest absolute Gasteiger partial charge is 0.462 e. The summed E-state index contributed by atoms with van der Waals surface area (Å²) in [5, 5.41) is 10.6. The van der Waals surface area contributed by atoms with Gasteiger partial charge >= 0.3 is 39.5 Å². The maximum absolute atomic E-state index is 13.1. The quantitative estimate of drug-likeness (QED) is 0.0169. The number of aliphatic hydroxyl groups excluding tert-OH is 1. The lowest BCUT2D eigenvalue weighted by Crippen LogP contribution is -2.30. The Labute approximate surface area is 585 Å². The number of phosphoric ester groups is 2. The molecule has 5 atom stereocenters. The van der Waals surface area contributed by atoms with Gasteiger partial charge in [-0.2, -0.15) is 0 Å². The van der Waals surface area contributed by atoms with Gasteiger partial charge in [-0.15, -0.1) is 0 Å². The van der Waals surface area contributed by atoms with Crippen molar-refractivity contribution in [2.75, 3.05) is 39.6 Å². The fourth-order valence-electron chi connectivity index (χ4n) is 10.8. The molecule has 19 heteroatoms. The summed E-state index contributed by atoms with van der Waals surface area (Å²) in [6, 6.07) is 0. The summed E-state index contributed by atoms with van der Waals surface area (Å²) in [5.41, 5.74) is 0. The molecule has 0 amide bonds. The van der Waals surface area contributed by atoms with Crippen LogP contribution in [0.25, 0.3) is 0 Å². The van der Waals surface area contributed by atoms with Crippen molar-refractivity contribution in [3.05, 3.63) is 48.6 Å². The van der Waals surface area contributed by atoms with Crippen LogP contribution in [0.1, 0.15) is 356 Å². The van der Waals surface area contributed by atoms with E-state index in [2.05, 4.69) is 83.2 Å². The summed E-state index contributed by atoms with van der Waals surface area (Å²) in [7, 11) is -9.94. The second-order valence-corrected chi connectivity index (χ2v) is 29.8. The van der Waals surface area contributed by atoms with Crippen molar-refractivity contribution in [1.29, 1.82) is 0 Å². The zero-order chi connectivity index (χ0) is 70.5. The van der Waals surface area contributed by atoms with Crippen LogP contribution in [0.5, 0.6) is 0 Å². The van der Waals surface area contributed by atoms with Gasteiger partial charge in [0.1, 0.15) is 19.3 Å². The van der Waals surface area contributed by atoms with Crippen molar-refractivity contribution in [2.24, 2.45) is 5.92 Å². The third-order valence-electron chi connectivity index (χ3n) is 16.8. The first-order valence-electron chi connectivity index (χ1n) is 38.8. The molecule has 0 radical (unpaired) electrons. The highest BCUT2D eigenvalue weighted by molar-refractivity contribution is 7.47. The van der Waals surface area contributed by atoms with Crippen LogP contribution in [0, 0.1) is 5.92 Å². The van der Waals surface area contributed by atoms with Gasteiger partial charge in [-0.1, -0.05) is 302 Å². The first kappa shape index (κ1) is 93.0. The minimum Gasteiger partial charge on any atom is -0.462 e. The van der Waals surface area contributed by atoms with E-state index in [9.17, 15) is 43.2 Å². The molecule has 0 bridgehead atoms. The molecule has 0 aliphatic rings. The Kier molecular flexibility index (Phi) is 67.0. The molecular weight excluding hydrogens is 1260 g/mol. The van der Waals surface area contributed by atoms with E-state index in [1.54, 1.807) is 0 Å². The zero-order valence-corrected chi connectivity index (χ0v) is 63.3. The molecule has 0 spiro atoms. The van der Waals surface area contributed by atoms with Gasteiger partial charge in [0.15, 0.2) is 12.2 Å². The maximum atomic E-state index is 13.1. The Morgan fingerprint density at radius 1 is 0.323 bits per heavy atom. The second-order valence-electron chi connectivity index (χ2n) is 26.8. The number of hydrogen-bond donors (Lipinski definition) is 3. The van der Waals surface area contributed by atoms with E-state index in [0.29, 0.717) is 31.6 Å². The van der Waals surface area contributed by atoms with Crippen LogP contribution in [-0.2, 0) is 65.4 Å². The Morgan fingerprint density at radius 3 is 0.854 bits per heavy atom. The summed E-state index contributed by atoms with van der Waals surface area (Å²) in [6.07, 6.45) is 64.2. The van der Waals surface area contributed by atoms with Crippen molar-refractivity contribution >= 4 is 39.5 Å². The van der Waals surface area contributed by atoms with Crippen LogP contribution >= 0.6 is 15.6 Å². The Bertz CT molecular complexity index is 2030. The minimum absolute atomic E-state index is 0.0818. The van der Waals surface area contributed by atoms with Crippen LogP contribution in [0.2, 0.25) is 0 Å². The van der Waals surface area contributed by atoms with E-state index >= 15 is 0 Å². The summed E-state index contributed by atoms with van der Waals surface area (Å²) in [4.78, 5) is 72.8. The highest BCUT2D eigenvalue weighted by Gasteiger charge is 2.30. The normalized spacial score (nSPS) is 14.3. The van der Waals surface area contributed by atoms with Gasteiger partial charge in [-0.05, 0) is 83.0 Å². The molecule has 2 unspecified atom stereocenters. The first-order valence-corrected chi connectivity index (χ1v) is 41.8. The molecule has 0 heterocycles. The zero-order valence-electron chi connectivity index (χ0n) is 61.5. The average molecular weight is 1400 g/mol. The van der Waals surface area contributed by atoms with Crippen LogP contribution in [0.4, 0.5) is 0 Å². The molecule has 0 fully saturated rings. The summed E-state index contributed by atoms with van der Waals surface area (Å²) < 4.78 is 68.4. The topological polar surface area (TPSA) is 237 Å². The minimum atomic E-state index is -4.97. The third-order valence-corrected chi connectivity index (χ3v) is 18.7. The lowest BCUT2D eigenvalue weighted by Gasteiger charge is -2.21. The Balaban J connectivity index is 5.30. The van der Waals surface area contributed by atoms with Gasteiger partial charge in [-0.3, -0.25) is 37.3 Å². The molecule has 0 aromatic rings. The number of aliphatic hydroxyl groups is 1. The number of ether oxygens (including phenoxy) is 4. The number of carbonyl (C=O) groups excluding carboxylic acids is 4. The van der Waals surface area contributed by atoms with Gasteiger partial charge in [0.2, 0.25) is 0 Å². The third kappa shape index (κ3) is 69.5. The molecule has 0 saturated heterocycles. The van der Waals surface area contributed by atoms with Gasteiger partial charge in [0, 0.05) is 25.7 Å². The molecule has 0 rings (SSSR count).